The lowest BCUT2D eigenvalue weighted by atomic mass is 10.1. The fraction of sp³-hybridized carbons (Fsp3) is 0.182. The van der Waals surface area contributed by atoms with Crippen molar-refractivity contribution in [1.29, 1.82) is 0 Å². The second-order valence-corrected chi connectivity index (χ2v) is 10.4. The molecule has 1 fully saturated rings. The maximum atomic E-state index is 13.2. The maximum Gasteiger partial charge on any atom is 0.284 e. The van der Waals surface area contributed by atoms with Gasteiger partial charge >= 0.3 is 0 Å². The average molecular weight is 590 g/mol. The van der Waals surface area contributed by atoms with E-state index in [2.05, 4.69) is 10.3 Å². The Morgan fingerprint density at radius 3 is 2.25 bits per heavy atom. The number of para-hydroxylation sites is 1. The van der Waals surface area contributed by atoms with Crippen LogP contribution in [0, 0.1) is 6.92 Å². The second-order valence-electron chi connectivity index (χ2n) is 10.4. The Bertz CT molecular complexity index is 1890. The molecule has 11 heteroatoms. The van der Waals surface area contributed by atoms with Crippen molar-refractivity contribution >= 4 is 23.3 Å². The molecule has 0 unspecified atom stereocenters. The number of morpholine rings is 1. The first-order chi connectivity index (χ1) is 21.3. The van der Waals surface area contributed by atoms with Crippen LogP contribution in [0.1, 0.15) is 26.4 Å². The largest absolute Gasteiger partial charge is 0.382 e. The first-order valence-electron chi connectivity index (χ1n) is 14.2. The normalized spacial score (nSPS) is 13.1. The molecule has 0 atom stereocenters. The van der Waals surface area contributed by atoms with Gasteiger partial charge < -0.3 is 20.7 Å². The SMILES string of the molecule is Cc1c(C(=O)Nc2ccc(-c3nc(-c4ccc(C(=O)N5CCOCC5)cc4)cnc3N)cc2)c(=O)n(-c2ccccc2)n1C. The molecular formula is C33H31N7O4. The molecule has 1 aliphatic rings. The number of anilines is 2. The van der Waals surface area contributed by atoms with Crippen molar-refractivity contribution in [3.05, 3.63) is 112 Å². The summed E-state index contributed by atoms with van der Waals surface area (Å²) >= 11 is 0. The Hall–Kier alpha value is -5.55. The highest BCUT2D eigenvalue weighted by Crippen LogP contribution is 2.27. The molecule has 0 bridgehead atoms. The van der Waals surface area contributed by atoms with Crippen LogP contribution >= 0.6 is 0 Å². The van der Waals surface area contributed by atoms with Crippen LogP contribution in [0.15, 0.2) is 89.9 Å². The zero-order valence-electron chi connectivity index (χ0n) is 24.4. The fourth-order valence-electron chi connectivity index (χ4n) is 5.22. The summed E-state index contributed by atoms with van der Waals surface area (Å²) in [7, 11) is 1.74. The summed E-state index contributed by atoms with van der Waals surface area (Å²) in [6.45, 7) is 3.99. The van der Waals surface area contributed by atoms with Gasteiger partial charge in [-0.1, -0.05) is 42.5 Å². The maximum absolute atomic E-state index is 13.2. The molecule has 0 saturated carbocycles. The summed E-state index contributed by atoms with van der Waals surface area (Å²) in [6, 6.07) is 23.4. The smallest absolute Gasteiger partial charge is 0.284 e. The number of rotatable bonds is 6. The summed E-state index contributed by atoms with van der Waals surface area (Å²) in [6.07, 6.45) is 1.59. The molecular weight excluding hydrogens is 558 g/mol. The molecule has 0 aliphatic carbocycles. The first-order valence-corrected chi connectivity index (χ1v) is 14.2. The number of aromatic nitrogens is 4. The number of amides is 2. The molecule has 3 N–H and O–H groups in total. The van der Waals surface area contributed by atoms with Crippen LogP contribution in [-0.2, 0) is 11.8 Å². The molecule has 1 aliphatic heterocycles. The Morgan fingerprint density at radius 2 is 1.57 bits per heavy atom. The lowest BCUT2D eigenvalue weighted by Crippen LogP contribution is -2.40. The van der Waals surface area contributed by atoms with Gasteiger partial charge in [-0.15, -0.1) is 0 Å². The lowest BCUT2D eigenvalue weighted by molar-refractivity contribution is 0.0303. The van der Waals surface area contributed by atoms with Crippen molar-refractivity contribution < 1.29 is 14.3 Å². The van der Waals surface area contributed by atoms with Crippen LogP contribution in [0.3, 0.4) is 0 Å². The van der Waals surface area contributed by atoms with E-state index in [1.807, 2.05) is 42.5 Å². The highest BCUT2D eigenvalue weighted by molar-refractivity contribution is 6.05. The van der Waals surface area contributed by atoms with Crippen molar-refractivity contribution in [1.82, 2.24) is 24.2 Å². The van der Waals surface area contributed by atoms with Crippen molar-refractivity contribution in [3.8, 4) is 28.2 Å². The number of benzene rings is 3. The number of nitrogens with zero attached hydrogens (tertiary/aromatic N) is 5. The van der Waals surface area contributed by atoms with Gasteiger partial charge in [0.25, 0.3) is 17.4 Å². The Labute approximate surface area is 253 Å². The van der Waals surface area contributed by atoms with Gasteiger partial charge in [-0.25, -0.2) is 14.6 Å². The molecule has 2 aromatic heterocycles. The minimum Gasteiger partial charge on any atom is -0.382 e. The van der Waals surface area contributed by atoms with E-state index in [1.54, 1.807) is 66.1 Å². The van der Waals surface area contributed by atoms with E-state index < -0.39 is 11.5 Å². The van der Waals surface area contributed by atoms with Crippen LogP contribution in [0.2, 0.25) is 0 Å². The van der Waals surface area contributed by atoms with Crippen molar-refractivity contribution in [2.45, 2.75) is 6.92 Å². The van der Waals surface area contributed by atoms with Crippen molar-refractivity contribution in [2.24, 2.45) is 7.05 Å². The zero-order chi connectivity index (χ0) is 30.8. The van der Waals surface area contributed by atoms with Crippen molar-refractivity contribution in [3.63, 3.8) is 0 Å². The van der Waals surface area contributed by atoms with E-state index >= 15 is 0 Å². The third-order valence-electron chi connectivity index (χ3n) is 7.72. The number of hydrogen-bond donors (Lipinski definition) is 2. The number of carbonyl (C=O) groups excluding carboxylic acids is 2. The Balaban J connectivity index is 1.20. The predicted molar refractivity (Wildman–Crippen MR) is 168 cm³/mol. The number of ether oxygens (including phenoxy) is 1. The van der Waals surface area contributed by atoms with E-state index in [0.717, 1.165) is 5.56 Å². The van der Waals surface area contributed by atoms with Crippen molar-refractivity contribution in [2.75, 3.05) is 37.4 Å². The predicted octanol–water partition coefficient (Wildman–Crippen LogP) is 3.92. The molecule has 1 saturated heterocycles. The van der Waals surface area contributed by atoms with E-state index in [0.29, 0.717) is 65.9 Å². The summed E-state index contributed by atoms with van der Waals surface area (Å²) in [5.74, 6) is -0.270. The summed E-state index contributed by atoms with van der Waals surface area (Å²) < 4.78 is 8.47. The minimum atomic E-state index is -0.498. The van der Waals surface area contributed by atoms with Gasteiger partial charge in [0.2, 0.25) is 0 Å². The van der Waals surface area contributed by atoms with E-state index in [-0.39, 0.29) is 17.3 Å². The quantitative estimate of drug-likeness (QED) is 0.306. The van der Waals surface area contributed by atoms with Gasteiger partial charge in [-0.2, -0.15) is 0 Å². The van der Waals surface area contributed by atoms with Gasteiger partial charge in [0.1, 0.15) is 17.1 Å². The summed E-state index contributed by atoms with van der Waals surface area (Å²) in [5.41, 5.74) is 10.8. The van der Waals surface area contributed by atoms with Gasteiger partial charge in [-0.05, 0) is 43.3 Å². The number of nitrogens with two attached hydrogens (primary N) is 1. The third kappa shape index (κ3) is 5.48. The van der Waals surface area contributed by atoms with Crippen LogP contribution in [0.4, 0.5) is 11.5 Å². The van der Waals surface area contributed by atoms with E-state index in [1.165, 1.54) is 4.68 Å². The summed E-state index contributed by atoms with van der Waals surface area (Å²) in [4.78, 5) is 50.1. The Morgan fingerprint density at radius 1 is 0.909 bits per heavy atom. The van der Waals surface area contributed by atoms with Crippen LogP contribution in [0.25, 0.3) is 28.2 Å². The van der Waals surface area contributed by atoms with Crippen LogP contribution < -0.4 is 16.6 Å². The molecule has 5 aromatic rings. The number of hydrogen-bond acceptors (Lipinski definition) is 7. The van der Waals surface area contributed by atoms with Gasteiger partial charge in [-0.3, -0.25) is 19.1 Å². The number of carbonyl (C=O) groups is 2. The number of nitrogen functional groups attached to an aromatic ring is 1. The highest BCUT2D eigenvalue weighted by atomic mass is 16.5. The average Bonchev–Trinajstić information content (AvgIpc) is 3.29. The molecule has 3 aromatic carbocycles. The fourth-order valence-corrected chi connectivity index (χ4v) is 5.22. The molecule has 6 rings (SSSR count). The van der Waals surface area contributed by atoms with Crippen LogP contribution in [-0.4, -0.2) is 62.3 Å². The van der Waals surface area contributed by atoms with Gasteiger partial charge in [0.15, 0.2) is 0 Å². The molecule has 2 amide bonds. The zero-order valence-corrected chi connectivity index (χ0v) is 24.4. The molecule has 3 heterocycles. The topological polar surface area (TPSA) is 137 Å². The summed E-state index contributed by atoms with van der Waals surface area (Å²) in [5, 5.41) is 2.83. The van der Waals surface area contributed by atoms with E-state index in [9.17, 15) is 14.4 Å². The van der Waals surface area contributed by atoms with Crippen LogP contribution in [0.5, 0.6) is 0 Å². The molecule has 0 spiro atoms. The van der Waals surface area contributed by atoms with Gasteiger partial charge in [0.05, 0.1) is 36.5 Å². The standard InChI is InChI=1S/C33H31N7O4/c1-21-28(33(43)40(38(21)2)26-6-4-3-5-7-26)31(41)36-25-14-12-23(13-15-25)29-30(34)35-20-27(37-29)22-8-10-24(11-9-22)32(42)39-16-18-44-19-17-39/h3-15,20H,16-19H2,1-2H3,(H2,34,35)(H,36,41). The molecule has 0 radical (unpaired) electrons. The second kappa shape index (κ2) is 12.0. The number of nitrogens with one attached hydrogen (secondary N) is 1. The lowest BCUT2D eigenvalue weighted by Gasteiger charge is -2.26. The molecule has 222 valence electrons. The monoisotopic (exact) mass is 589 g/mol. The molecule has 11 nitrogen and oxygen atoms in total. The van der Waals surface area contributed by atoms with E-state index in [4.69, 9.17) is 15.5 Å². The molecule has 44 heavy (non-hydrogen) atoms. The minimum absolute atomic E-state index is 0.0274. The van der Waals surface area contributed by atoms with Gasteiger partial charge in [0, 0.05) is 42.5 Å². The third-order valence-corrected chi connectivity index (χ3v) is 7.72. The Kier molecular flexibility index (Phi) is 7.78. The highest BCUT2D eigenvalue weighted by Gasteiger charge is 2.23. The first kappa shape index (κ1) is 28.6.